The van der Waals surface area contributed by atoms with Crippen molar-refractivity contribution in [3.8, 4) is 0 Å². The molecule has 2 aromatic carbocycles. The van der Waals surface area contributed by atoms with E-state index in [4.69, 9.17) is 22.9 Å². The summed E-state index contributed by atoms with van der Waals surface area (Å²) in [6.07, 6.45) is 6.52. The number of nitrogens with one attached hydrogen (secondary N) is 3. The molecule has 0 spiro atoms. The second-order valence-electron chi connectivity index (χ2n) is 12.8. The molecule has 0 radical (unpaired) electrons. The molecule has 6 amide bonds. The van der Waals surface area contributed by atoms with Gasteiger partial charge < -0.3 is 38.9 Å². The SMILES string of the molecule is NCCCC[C@H](NC(=O)[C@H](CCCN=C(N)N)NC(=O)c1ccc(/C=C2\SC(=O)N(CC3CCC3)C2=O)cc1)C(=O)N[C@H](C(N)=O)c1ccccc1. The molecule has 4 rings (SSSR count). The lowest BCUT2D eigenvalue weighted by atomic mass is 9.85. The summed E-state index contributed by atoms with van der Waals surface area (Å²) in [6, 6.07) is 11.6. The molecular formula is C36H47N9O6S. The Morgan fingerprint density at radius 3 is 2.13 bits per heavy atom. The summed E-state index contributed by atoms with van der Waals surface area (Å²) in [7, 11) is 0. The van der Waals surface area contributed by atoms with Gasteiger partial charge in [0.05, 0.1) is 4.91 Å². The Bertz CT molecular complexity index is 1660. The van der Waals surface area contributed by atoms with Crippen molar-refractivity contribution in [1.29, 1.82) is 0 Å². The summed E-state index contributed by atoms with van der Waals surface area (Å²) in [5, 5.41) is 7.85. The van der Waals surface area contributed by atoms with Gasteiger partial charge in [0.2, 0.25) is 17.7 Å². The molecule has 0 unspecified atom stereocenters. The number of unbranched alkanes of at least 4 members (excludes halogenated alkanes) is 1. The maximum atomic E-state index is 13.7. The predicted molar refractivity (Wildman–Crippen MR) is 199 cm³/mol. The van der Waals surface area contributed by atoms with Gasteiger partial charge in [-0.25, -0.2) is 0 Å². The highest BCUT2D eigenvalue weighted by molar-refractivity contribution is 8.18. The number of rotatable bonds is 19. The summed E-state index contributed by atoms with van der Waals surface area (Å²) in [6.45, 7) is 1.00. The van der Waals surface area contributed by atoms with E-state index in [1.54, 1.807) is 60.7 Å². The fraction of sp³-hybridized carbons (Fsp3) is 0.417. The molecule has 1 saturated carbocycles. The van der Waals surface area contributed by atoms with E-state index in [0.717, 1.165) is 31.0 Å². The van der Waals surface area contributed by atoms with Crippen LogP contribution in [-0.2, 0) is 19.2 Å². The molecule has 3 atom stereocenters. The quantitative estimate of drug-likeness (QED) is 0.0475. The number of benzene rings is 2. The fourth-order valence-corrected chi connectivity index (χ4v) is 6.58. The van der Waals surface area contributed by atoms with Crippen molar-refractivity contribution in [2.24, 2.45) is 33.8 Å². The standard InChI is InChI=1S/C36H47N9O6S/c37-18-5-4-12-26(33(49)44-29(30(38)46)24-10-2-1-3-11-24)43-32(48)27(13-7-19-41-35(39)40)42-31(47)25-16-14-22(15-17-25)20-28-34(50)45(36(51)52-28)21-23-8-6-9-23/h1-3,10-11,14-17,20,23,26-27,29H,4-9,12-13,18-19,21,37H2,(H2,38,46)(H,42,47)(H,43,48)(H,44,49)(H4,39,40,41)/b28-20-/t26-,27-,29-/m0/s1. The molecule has 2 aromatic rings. The van der Waals surface area contributed by atoms with Crippen LogP contribution in [0.5, 0.6) is 0 Å². The highest BCUT2D eigenvalue weighted by Gasteiger charge is 2.37. The second kappa shape index (κ2) is 19.4. The first-order chi connectivity index (χ1) is 25.0. The molecule has 0 aromatic heterocycles. The molecule has 1 saturated heterocycles. The summed E-state index contributed by atoms with van der Waals surface area (Å²) < 4.78 is 0. The number of carbonyl (C=O) groups excluding carboxylic acids is 6. The van der Waals surface area contributed by atoms with Crippen LogP contribution in [0, 0.1) is 5.92 Å². The zero-order chi connectivity index (χ0) is 37.6. The third kappa shape index (κ3) is 11.4. The summed E-state index contributed by atoms with van der Waals surface area (Å²) in [4.78, 5) is 83.8. The maximum absolute atomic E-state index is 13.7. The van der Waals surface area contributed by atoms with E-state index in [0.29, 0.717) is 54.3 Å². The number of nitrogens with two attached hydrogens (primary N) is 4. The van der Waals surface area contributed by atoms with Crippen molar-refractivity contribution in [1.82, 2.24) is 20.9 Å². The molecule has 0 bridgehead atoms. The van der Waals surface area contributed by atoms with Crippen molar-refractivity contribution in [3.63, 3.8) is 0 Å². The highest BCUT2D eigenvalue weighted by Crippen LogP contribution is 2.36. The van der Waals surface area contributed by atoms with E-state index in [9.17, 15) is 28.8 Å². The molecule has 2 aliphatic rings. The monoisotopic (exact) mass is 733 g/mol. The summed E-state index contributed by atoms with van der Waals surface area (Å²) in [5.41, 5.74) is 23.5. The van der Waals surface area contributed by atoms with Gasteiger partial charge in [0.1, 0.15) is 18.1 Å². The first-order valence-corrected chi connectivity index (χ1v) is 18.1. The molecule has 1 aliphatic heterocycles. The van der Waals surface area contributed by atoms with Crippen LogP contribution in [0.2, 0.25) is 0 Å². The smallest absolute Gasteiger partial charge is 0.293 e. The van der Waals surface area contributed by atoms with E-state index >= 15 is 0 Å². The lowest BCUT2D eigenvalue weighted by Crippen LogP contribution is -2.54. The maximum Gasteiger partial charge on any atom is 0.293 e. The van der Waals surface area contributed by atoms with Gasteiger partial charge in [-0.2, -0.15) is 0 Å². The van der Waals surface area contributed by atoms with Crippen LogP contribution >= 0.6 is 11.8 Å². The Labute approximate surface area is 306 Å². The summed E-state index contributed by atoms with van der Waals surface area (Å²) in [5.74, 6) is -2.67. The van der Waals surface area contributed by atoms with E-state index in [1.807, 2.05) is 0 Å². The van der Waals surface area contributed by atoms with Crippen molar-refractivity contribution in [3.05, 3.63) is 76.2 Å². The van der Waals surface area contributed by atoms with Crippen molar-refractivity contribution in [2.45, 2.75) is 69.5 Å². The molecule has 1 aliphatic carbocycles. The van der Waals surface area contributed by atoms with Crippen LogP contribution in [0.4, 0.5) is 4.79 Å². The van der Waals surface area contributed by atoms with E-state index in [2.05, 4.69) is 20.9 Å². The molecule has 278 valence electrons. The number of guanidine groups is 1. The number of primary amides is 1. The number of nitrogens with zero attached hydrogens (tertiary/aromatic N) is 2. The van der Waals surface area contributed by atoms with Crippen molar-refractivity contribution in [2.75, 3.05) is 19.6 Å². The molecule has 2 fully saturated rings. The number of aliphatic imine (C=N–C) groups is 1. The van der Waals surface area contributed by atoms with Gasteiger partial charge >= 0.3 is 0 Å². The lowest BCUT2D eigenvalue weighted by molar-refractivity contribution is -0.132. The van der Waals surface area contributed by atoms with Crippen LogP contribution in [0.15, 0.2) is 64.5 Å². The van der Waals surface area contributed by atoms with Gasteiger partial charge in [-0.05, 0) is 98.5 Å². The van der Waals surface area contributed by atoms with Gasteiger partial charge in [0.25, 0.3) is 17.1 Å². The third-order valence-electron chi connectivity index (χ3n) is 8.86. The van der Waals surface area contributed by atoms with Gasteiger partial charge in [-0.15, -0.1) is 0 Å². The minimum absolute atomic E-state index is 0.118. The van der Waals surface area contributed by atoms with E-state index in [1.165, 1.54) is 4.90 Å². The number of thioether (sulfide) groups is 1. The largest absolute Gasteiger partial charge is 0.370 e. The minimum atomic E-state index is -1.13. The highest BCUT2D eigenvalue weighted by atomic mass is 32.2. The Balaban J connectivity index is 1.46. The van der Waals surface area contributed by atoms with Gasteiger partial charge in [0.15, 0.2) is 5.96 Å². The number of amides is 6. The van der Waals surface area contributed by atoms with E-state index < -0.39 is 41.8 Å². The predicted octanol–water partition coefficient (Wildman–Crippen LogP) is 1.63. The zero-order valence-corrected chi connectivity index (χ0v) is 29.7. The molecule has 1 heterocycles. The van der Waals surface area contributed by atoms with Crippen LogP contribution < -0.4 is 38.9 Å². The van der Waals surface area contributed by atoms with Crippen molar-refractivity contribution >= 4 is 58.6 Å². The van der Waals surface area contributed by atoms with Crippen molar-refractivity contribution < 1.29 is 28.8 Å². The molecular weight excluding hydrogens is 687 g/mol. The van der Waals surface area contributed by atoms with Crippen LogP contribution in [0.1, 0.15) is 78.9 Å². The topological polar surface area (TPSA) is 258 Å². The van der Waals surface area contributed by atoms with Crippen LogP contribution in [0.3, 0.4) is 0 Å². The minimum Gasteiger partial charge on any atom is -0.370 e. The van der Waals surface area contributed by atoms with Gasteiger partial charge in [-0.3, -0.25) is 38.7 Å². The average Bonchev–Trinajstić information content (AvgIpc) is 3.36. The van der Waals surface area contributed by atoms with E-state index in [-0.39, 0.29) is 42.1 Å². The molecule has 15 nitrogen and oxygen atoms in total. The Kier molecular flexibility index (Phi) is 14.8. The second-order valence-corrected chi connectivity index (χ2v) is 13.8. The normalized spacial score (nSPS) is 16.8. The summed E-state index contributed by atoms with van der Waals surface area (Å²) >= 11 is 0.895. The average molecular weight is 734 g/mol. The molecule has 52 heavy (non-hydrogen) atoms. The number of hydrogen-bond donors (Lipinski definition) is 7. The molecule has 11 N–H and O–H groups in total. The Morgan fingerprint density at radius 1 is 0.865 bits per heavy atom. The third-order valence-corrected chi connectivity index (χ3v) is 9.77. The zero-order valence-electron chi connectivity index (χ0n) is 28.9. The molecule has 16 heteroatoms. The Morgan fingerprint density at radius 2 is 1.52 bits per heavy atom. The first kappa shape index (κ1) is 39.6. The van der Waals surface area contributed by atoms with Gasteiger partial charge in [0, 0.05) is 18.7 Å². The van der Waals surface area contributed by atoms with Crippen LogP contribution in [0.25, 0.3) is 6.08 Å². The van der Waals surface area contributed by atoms with Crippen LogP contribution in [-0.4, -0.2) is 77.4 Å². The number of hydrogen-bond acceptors (Lipinski definition) is 9. The Hall–Kier alpha value is -5.22. The van der Waals surface area contributed by atoms with Gasteiger partial charge in [-0.1, -0.05) is 48.9 Å². The fourth-order valence-electron chi connectivity index (χ4n) is 5.73. The lowest BCUT2D eigenvalue weighted by Gasteiger charge is -2.28. The number of carbonyl (C=O) groups is 6. The first-order valence-electron chi connectivity index (χ1n) is 17.3. The number of imide groups is 1.